The van der Waals surface area contributed by atoms with Crippen molar-refractivity contribution in [2.75, 3.05) is 0 Å². The van der Waals surface area contributed by atoms with Crippen molar-refractivity contribution in [1.29, 1.82) is 0 Å². The number of thiazole rings is 1. The van der Waals surface area contributed by atoms with Crippen LogP contribution in [-0.2, 0) is 0 Å². The van der Waals surface area contributed by atoms with Crippen molar-refractivity contribution in [3.63, 3.8) is 0 Å². The Bertz CT molecular complexity index is 198. The van der Waals surface area contributed by atoms with Gasteiger partial charge in [0.25, 0.3) is 5.91 Å². The summed E-state index contributed by atoms with van der Waals surface area (Å²) in [5.74, 6) is -0.212. The number of carbonyl (C=O) groups excluding carboxylic acids is 1. The third-order valence-corrected chi connectivity index (χ3v) is 1.70. The molecule has 1 aromatic heterocycles. The third-order valence-electron chi connectivity index (χ3n) is 0.751. The average Bonchev–Trinajstić information content (AvgIpc) is 2.37. The fourth-order valence-electron chi connectivity index (χ4n) is 0.373. The molecule has 1 aromatic rings. The van der Waals surface area contributed by atoms with Gasteiger partial charge in [0.15, 0.2) is 0 Å². The van der Waals surface area contributed by atoms with Gasteiger partial charge >= 0.3 is 0 Å². The highest BCUT2D eigenvalue weighted by atomic mass is 79.9. The SMILES string of the molecule is O=C(NBr)c1cscn1. The molecule has 0 aliphatic carbocycles. The van der Waals surface area contributed by atoms with E-state index in [1.54, 1.807) is 10.9 Å². The maximum atomic E-state index is 10.7. The summed E-state index contributed by atoms with van der Waals surface area (Å²) in [6.45, 7) is 0. The van der Waals surface area contributed by atoms with E-state index >= 15 is 0 Å². The Morgan fingerprint density at radius 1 is 1.89 bits per heavy atom. The summed E-state index contributed by atoms with van der Waals surface area (Å²) >= 11 is 4.19. The largest absolute Gasteiger partial charge is 0.287 e. The minimum Gasteiger partial charge on any atom is -0.287 e. The molecule has 1 rings (SSSR count). The molecule has 1 heterocycles. The second-order valence-corrected chi connectivity index (χ2v) is 2.41. The quantitative estimate of drug-likeness (QED) is 0.702. The second-order valence-electron chi connectivity index (χ2n) is 1.30. The first-order valence-electron chi connectivity index (χ1n) is 2.13. The van der Waals surface area contributed by atoms with Crippen LogP contribution < -0.4 is 4.34 Å². The van der Waals surface area contributed by atoms with Gasteiger partial charge in [-0.15, -0.1) is 11.3 Å². The van der Waals surface area contributed by atoms with Crippen molar-refractivity contribution in [2.24, 2.45) is 0 Å². The predicted octanol–water partition coefficient (Wildman–Crippen LogP) is 1.18. The summed E-state index contributed by atoms with van der Waals surface area (Å²) in [4.78, 5) is 14.4. The monoisotopic (exact) mass is 206 g/mol. The van der Waals surface area contributed by atoms with Gasteiger partial charge in [-0.1, -0.05) is 0 Å². The van der Waals surface area contributed by atoms with Gasteiger partial charge in [-0.3, -0.25) is 9.14 Å². The number of carbonyl (C=O) groups is 1. The molecule has 1 amide bonds. The molecule has 0 saturated heterocycles. The Morgan fingerprint density at radius 3 is 3.11 bits per heavy atom. The van der Waals surface area contributed by atoms with E-state index in [2.05, 4.69) is 25.5 Å². The molecule has 0 aromatic carbocycles. The van der Waals surface area contributed by atoms with Crippen LogP contribution in [0.2, 0.25) is 0 Å². The minimum absolute atomic E-state index is 0.212. The van der Waals surface area contributed by atoms with Gasteiger partial charge in [0.1, 0.15) is 5.69 Å². The van der Waals surface area contributed by atoms with Crippen molar-refractivity contribution < 1.29 is 4.79 Å². The lowest BCUT2D eigenvalue weighted by Crippen LogP contribution is -2.11. The van der Waals surface area contributed by atoms with Crippen molar-refractivity contribution in [3.05, 3.63) is 16.6 Å². The first-order valence-corrected chi connectivity index (χ1v) is 3.87. The standard InChI is InChI=1S/C4H3BrN2OS/c5-7-4(8)3-1-9-2-6-3/h1-2H,(H,7,8). The zero-order chi connectivity index (χ0) is 6.69. The summed E-state index contributed by atoms with van der Waals surface area (Å²) in [7, 11) is 0. The van der Waals surface area contributed by atoms with Gasteiger partial charge in [0, 0.05) is 21.5 Å². The predicted molar refractivity (Wildman–Crippen MR) is 38.5 cm³/mol. The molecule has 0 fully saturated rings. The van der Waals surface area contributed by atoms with Gasteiger partial charge in [-0.25, -0.2) is 4.98 Å². The van der Waals surface area contributed by atoms with Crippen LogP contribution >= 0.6 is 27.5 Å². The summed E-state index contributed by atoms with van der Waals surface area (Å²) in [6.07, 6.45) is 0. The molecule has 48 valence electrons. The fraction of sp³-hybridized carbons (Fsp3) is 0. The topological polar surface area (TPSA) is 42.0 Å². The molecule has 0 aliphatic rings. The maximum absolute atomic E-state index is 10.7. The number of rotatable bonds is 1. The Hall–Kier alpha value is -0.420. The molecule has 0 aliphatic heterocycles. The van der Waals surface area contributed by atoms with E-state index in [1.165, 1.54) is 11.3 Å². The van der Waals surface area contributed by atoms with Crippen LogP contribution in [0.3, 0.4) is 0 Å². The lowest BCUT2D eigenvalue weighted by Gasteiger charge is -1.87. The molecule has 0 spiro atoms. The van der Waals surface area contributed by atoms with Crippen LogP contribution in [0.25, 0.3) is 0 Å². The fourth-order valence-corrected chi connectivity index (χ4v) is 1.11. The van der Waals surface area contributed by atoms with Crippen LogP contribution in [-0.4, -0.2) is 10.9 Å². The highest BCUT2D eigenvalue weighted by Gasteiger charge is 2.02. The average molecular weight is 207 g/mol. The van der Waals surface area contributed by atoms with E-state index in [-0.39, 0.29) is 5.91 Å². The summed E-state index contributed by atoms with van der Waals surface area (Å²) in [6, 6.07) is 0. The zero-order valence-corrected chi connectivity index (χ0v) is 6.70. The van der Waals surface area contributed by atoms with Crippen LogP contribution in [0.5, 0.6) is 0 Å². The van der Waals surface area contributed by atoms with Gasteiger partial charge < -0.3 is 0 Å². The molecule has 3 nitrogen and oxygen atoms in total. The van der Waals surface area contributed by atoms with Crippen LogP contribution in [0, 0.1) is 0 Å². The number of hydrogen-bond acceptors (Lipinski definition) is 3. The number of halogens is 1. The molecule has 9 heavy (non-hydrogen) atoms. The van der Waals surface area contributed by atoms with Gasteiger partial charge in [0.2, 0.25) is 0 Å². The van der Waals surface area contributed by atoms with E-state index in [0.717, 1.165) is 0 Å². The van der Waals surface area contributed by atoms with E-state index in [0.29, 0.717) is 5.69 Å². The van der Waals surface area contributed by atoms with Crippen LogP contribution in [0.4, 0.5) is 0 Å². The number of nitrogens with one attached hydrogen (secondary N) is 1. The number of hydrogen-bond donors (Lipinski definition) is 1. The van der Waals surface area contributed by atoms with E-state index < -0.39 is 0 Å². The Kier molecular flexibility index (Phi) is 2.18. The summed E-state index contributed by atoms with van der Waals surface area (Å²) in [5, 5.41) is 1.68. The normalized spacial score (nSPS) is 9.00. The molecule has 0 atom stereocenters. The van der Waals surface area contributed by atoms with E-state index in [9.17, 15) is 4.79 Å². The van der Waals surface area contributed by atoms with E-state index in [1.807, 2.05) is 0 Å². The third kappa shape index (κ3) is 1.49. The van der Waals surface area contributed by atoms with Crippen LogP contribution in [0.1, 0.15) is 10.5 Å². The number of amides is 1. The molecule has 1 N–H and O–H groups in total. The first kappa shape index (κ1) is 6.70. The smallest absolute Gasteiger partial charge is 0.280 e. The number of aromatic nitrogens is 1. The molecular weight excluding hydrogens is 204 g/mol. The lowest BCUT2D eigenvalue weighted by molar-refractivity contribution is 0.0982. The Balaban J connectivity index is 2.77. The van der Waals surface area contributed by atoms with E-state index in [4.69, 9.17) is 0 Å². The second kappa shape index (κ2) is 2.93. The van der Waals surface area contributed by atoms with Gasteiger partial charge in [0.05, 0.1) is 5.51 Å². The zero-order valence-electron chi connectivity index (χ0n) is 4.30. The van der Waals surface area contributed by atoms with Crippen molar-refractivity contribution in [2.45, 2.75) is 0 Å². The van der Waals surface area contributed by atoms with Crippen molar-refractivity contribution in [1.82, 2.24) is 9.33 Å². The molecule has 0 unspecified atom stereocenters. The lowest BCUT2D eigenvalue weighted by atomic mass is 10.5. The Labute approximate surface area is 64.4 Å². The maximum Gasteiger partial charge on any atom is 0.280 e. The minimum atomic E-state index is -0.212. The number of nitrogens with zero attached hydrogens (tertiary/aromatic N) is 1. The van der Waals surface area contributed by atoms with Crippen LogP contribution in [0.15, 0.2) is 10.9 Å². The van der Waals surface area contributed by atoms with Crippen molar-refractivity contribution in [3.8, 4) is 0 Å². The molecule has 0 radical (unpaired) electrons. The summed E-state index contributed by atoms with van der Waals surface area (Å²) < 4.78 is 2.29. The molecule has 5 heteroatoms. The summed E-state index contributed by atoms with van der Waals surface area (Å²) in [5.41, 5.74) is 2.05. The first-order chi connectivity index (χ1) is 4.34. The van der Waals surface area contributed by atoms with Crippen molar-refractivity contribution >= 4 is 33.4 Å². The molecule has 0 saturated carbocycles. The molecule has 0 bridgehead atoms. The van der Waals surface area contributed by atoms with Gasteiger partial charge in [-0.05, 0) is 0 Å². The highest BCUT2D eigenvalue weighted by Crippen LogP contribution is 2.00. The molecular formula is C4H3BrN2OS. The highest BCUT2D eigenvalue weighted by molar-refractivity contribution is 9.08. The van der Waals surface area contributed by atoms with Gasteiger partial charge in [-0.2, -0.15) is 0 Å². The Morgan fingerprint density at radius 2 is 2.67 bits per heavy atom.